The second-order valence-corrected chi connectivity index (χ2v) is 9.49. The monoisotopic (exact) mass is 427 g/mol. The topological polar surface area (TPSA) is 97.2 Å². The van der Waals surface area contributed by atoms with Crippen LogP contribution in [0.2, 0.25) is 0 Å². The molecule has 1 amide bonds. The Morgan fingerprint density at radius 1 is 1.07 bits per heavy atom. The molecular weight excluding hydrogens is 402 g/mol. The minimum atomic E-state index is -3.60. The molecule has 158 valence electrons. The Morgan fingerprint density at radius 3 is 2.57 bits per heavy atom. The number of aromatic nitrogens is 3. The van der Waals surface area contributed by atoms with Crippen LogP contribution in [0.5, 0.6) is 0 Å². The van der Waals surface area contributed by atoms with E-state index in [1.54, 1.807) is 29.4 Å². The van der Waals surface area contributed by atoms with E-state index in [0.29, 0.717) is 29.9 Å². The molecule has 1 fully saturated rings. The third kappa shape index (κ3) is 4.22. The molecule has 2 aromatic carbocycles. The summed E-state index contributed by atoms with van der Waals surface area (Å²) in [5.74, 6) is -0.298. The number of hydrogen-bond donors (Lipinski definition) is 1. The lowest BCUT2D eigenvalue weighted by Crippen LogP contribution is -2.32. The van der Waals surface area contributed by atoms with E-state index in [-0.39, 0.29) is 17.3 Å². The third-order valence-electron chi connectivity index (χ3n) is 5.37. The molecule has 0 spiro atoms. The Morgan fingerprint density at radius 2 is 1.80 bits per heavy atom. The van der Waals surface area contributed by atoms with E-state index >= 15 is 0 Å². The van der Waals surface area contributed by atoms with Crippen molar-refractivity contribution in [2.24, 2.45) is 0 Å². The highest BCUT2D eigenvalue weighted by molar-refractivity contribution is 7.89. The van der Waals surface area contributed by atoms with E-state index in [1.807, 2.05) is 24.3 Å². The zero-order chi connectivity index (χ0) is 21.1. The number of amides is 1. The summed E-state index contributed by atoms with van der Waals surface area (Å²) in [7, 11) is -3.60. The van der Waals surface area contributed by atoms with Crippen molar-refractivity contribution in [2.75, 3.05) is 18.4 Å². The minimum Gasteiger partial charge on any atom is -0.324 e. The number of sulfonamides is 1. The van der Waals surface area contributed by atoms with Crippen LogP contribution in [0.25, 0.3) is 11.0 Å². The number of anilines is 1. The van der Waals surface area contributed by atoms with Gasteiger partial charge in [0.1, 0.15) is 12.1 Å². The number of benzene rings is 2. The number of hydrogen-bond acceptors (Lipinski definition) is 5. The summed E-state index contributed by atoms with van der Waals surface area (Å²) >= 11 is 0. The summed E-state index contributed by atoms with van der Waals surface area (Å²) in [4.78, 5) is 12.8. The maximum Gasteiger partial charge on any atom is 0.246 e. The predicted octanol–water partition coefficient (Wildman–Crippen LogP) is 2.94. The van der Waals surface area contributed by atoms with Gasteiger partial charge < -0.3 is 5.32 Å². The smallest absolute Gasteiger partial charge is 0.246 e. The fraction of sp³-hybridized carbons (Fsp3) is 0.381. The summed E-state index contributed by atoms with van der Waals surface area (Å²) in [6.07, 6.45) is 3.86. The van der Waals surface area contributed by atoms with Gasteiger partial charge in [-0.25, -0.2) is 13.1 Å². The molecule has 0 radical (unpaired) electrons. The zero-order valence-corrected chi connectivity index (χ0v) is 17.7. The Balaban J connectivity index is 1.53. The Labute approximate surface area is 175 Å². The standard InChI is InChI=1S/C21H25N5O3S/c1-16-10-11-17(14-20(16)30(28,29)25-12-6-2-3-7-13-25)22-21(27)15-26-19-9-5-4-8-18(19)23-24-26/h4-5,8-11,14H,2-3,6-7,12-13,15H2,1H3,(H,22,27). The second kappa shape index (κ2) is 8.53. The van der Waals surface area contributed by atoms with Gasteiger partial charge in [0, 0.05) is 18.8 Å². The first-order valence-electron chi connectivity index (χ1n) is 10.1. The molecule has 0 atom stereocenters. The fourth-order valence-electron chi connectivity index (χ4n) is 3.75. The van der Waals surface area contributed by atoms with E-state index in [4.69, 9.17) is 0 Å². The molecular formula is C21H25N5O3S. The molecule has 2 heterocycles. The second-order valence-electron chi connectivity index (χ2n) is 7.58. The van der Waals surface area contributed by atoms with E-state index in [9.17, 15) is 13.2 Å². The Hall–Kier alpha value is -2.78. The lowest BCUT2D eigenvalue weighted by molar-refractivity contribution is -0.116. The molecule has 30 heavy (non-hydrogen) atoms. The quantitative estimate of drug-likeness (QED) is 0.675. The average Bonchev–Trinajstić information content (AvgIpc) is 2.93. The molecule has 8 nitrogen and oxygen atoms in total. The number of carbonyl (C=O) groups excluding carboxylic acids is 1. The van der Waals surface area contributed by atoms with Crippen molar-refractivity contribution in [1.29, 1.82) is 0 Å². The zero-order valence-electron chi connectivity index (χ0n) is 16.9. The van der Waals surface area contributed by atoms with Gasteiger partial charge in [0.25, 0.3) is 0 Å². The largest absolute Gasteiger partial charge is 0.324 e. The van der Waals surface area contributed by atoms with Gasteiger partial charge in [-0.3, -0.25) is 4.79 Å². The first-order chi connectivity index (χ1) is 14.4. The lowest BCUT2D eigenvalue weighted by atomic mass is 10.2. The Bertz CT molecular complexity index is 1160. The lowest BCUT2D eigenvalue weighted by Gasteiger charge is -2.21. The number of rotatable bonds is 5. The van der Waals surface area contributed by atoms with Gasteiger partial charge >= 0.3 is 0 Å². The van der Waals surface area contributed by atoms with E-state index in [1.165, 1.54) is 4.68 Å². The van der Waals surface area contributed by atoms with Gasteiger partial charge in [-0.2, -0.15) is 4.31 Å². The molecule has 9 heteroatoms. The summed E-state index contributed by atoms with van der Waals surface area (Å²) in [6.45, 7) is 2.84. The van der Waals surface area contributed by atoms with Crippen LogP contribution in [-0.4, -0.2) is 46.7 Å². The fourth-order valence-corrected chi connectivity index (χ4v) is 5.52. The first kappa shape index (κ1) is 20.5. The van der Waals surface area contributed by atoms with Crippen LogP contribution in [0.4, 0.5) is 5.69 Å². The molecule has 0 aliphatic carbocycles. The van der Waals surface area contributed by atoms with Crippen molar-refractivity contribution in [3.8, 4) is 0 Å². The molecule has 4 rings (SSSR count). The Kier molecular flexibility index (Phi) is 5.83. The molecule has 1 N–H and O–H groups in total. The van der Waals surface area contributed by atoms with Crippen molar-refractivity contribution >= 4 is 32.7 Å². The van der Waals surface area contributed by atoms with E-state index < -0.39 is 10.0 Å². The van der Waals surface area contributed by atoms with Crippen LogP contribution in [0.3, 0.4) is 0 Å². The van der Waals surface area contributed by atoms with Crippen molar-refractivity contribution in [2.45, 2.75) is 44.0 Å². The van der Waals surface area contributed by atoms with Crippen LogP contribution in [0.15, 0.2) is 47.4 Å². The van der Waals surface area contributed by atoms with Gasteiger partial charge in [0.05, 0.1) is 10.4 Å². The first-order valence-corrected chi connectivity index (χ1v) is 11.6. The summed E-state index contributed by atoms with van der Waals surface area (Å²) in [5, 5.41) is 10.9. The van der Waals surface area contributed by atoms with Gasteiger partial charge in [0.15, 0.2) is 0 Å². The molecule has 3 aromatic rings. The molecule has 0 saturated carbocycles. The highest BCUT2D eigenvalue weighted by atomic mass is 32.2. The van der Waals surface area contributed by atoms with E-state index in [2.05, 4.69) is 15.6 Å². The van der Waals surface area contributed by atoms with Crippen LogP contribution < -0.4 is 5.32 Å². The highest BCUT2D eigenvalue weighted by Crippen LogP contribution is 2.26. The maximum atomic E-state index is 13.2. The average molecular weight is 428 g/mol. The molecule has 1 saturated heterocycles. The van der Waals surface area contributed by atoms with Crippen molar-refractivity contribution in [3.05, 3.63) is 48.0 Å². The summed E-state index contributed by atoms with van der Waals surface area (Å²) in [6, 6.07) is 12.4. The van der Waals surface area contributed by atoms with Crippen LogP contribution in [-0.2, 0) is 21.4 Å². The van der Waals surface area contributed by atoms with Gasteiger partial charge in [0.2, 0.25) is 15.9 Å². The SMILES string of the molecule is Cc1ccc(NC(=O)Cn2nnc3ccccc32)cc1S(=O)(=O)N1CCCCCC1. The number of aryl methyl sites for hydroxylation is 1. The number of para-hydroxylation sites is 1. The van der Waals surface area contributed by atoms with Crippen molar-refractivity contribution in [1.82, 2.24) is 19.3 Å². The molecule has 1 aliphatic rings. The van der Waals surface area contributed by atoms with E-state index in [0.717, 1.165) is 31.2 Å². The van der Waals surface area contributed by atoms with Crippen LogP contribution in [0, 0.1) is 6.92 Å². The molecule has 0 bridgehead atoms. The van der Waals surface area contributed by atoms with Gasteiger partial charge in [-0.1, -0.05) is 36.3 Å². The summed E-state index contributed by atoms with van der Waals surface area (Å²) < 4.78 is 29.5. The highest BCUT2D eigenvalue weighted by Gasteiger charge is 2.27. The molecule has 1 aromatic heterocycles. The number of nitrogens with one attached hydrogen (secondary N) is 1. The number of fused-ring (bicyclic) bond motifs is 1. The predicted molar refractivity (Wildman–Crippen MR) is 115 cm³/mol. The maximum absolute atomic E-state index is 13.2. The summed E-state index contributed by atoms with van der Waals surface area (Å²) in [5.41, 5.74) is 2.59. The number of carbonyl (C=O) groups is 1. The van der Waals surface area contributed by atoms with Crippen molar-refractivity contribution in [3.63, 3.8) is 0 Å². The van der Waals surface area contributed by atoms with Crippen molar-refractivity contribution < 1.29 is 13.2 Å². The van der Waals surface area contributed by atoms with Gasteiger partial charge in [-0.05, 0) is 49.6 Å². The number of nitrogens with zero attached hydrogens (tertiary/aromatic N) is 4. The van der Waals surface area contributed by atoms with Gasteiger partial charge in [-0.15, -0.1) is 5.10 Å². The minimum absolute atomic E-state index is 0.0113. The van der Waals surface area contributed by atoms with Crippen LogP contribution in [0.1, 0.15) is 31.2 Å². The third-order valence-corrected chi connectivity index (χ3v) is 7.41. The molecule has 1 aliphatic heterocycles. The molecule has 0 unspecified atom stereocenters. The normalized spacial score (nSPS) is 15.8. The van der Waals surface area contributed by atoms with Crippen LogP contribution >= 0.6 is 0 Å².